The van der Waals surface area contributed by atoms with Gasteiger partial charge in [-0.1, -0.05) is 24.3 Å². The molecule has 0 saturated carbocycles. The van der Waals surface area contributed by atoms with E-state index in [2.05, 4.69) is 31.7 Å². The Kier molecular flexibility index (Phi) is 4.54. The van der Waals surface area contributed by atoms with Crippen LogP contribution >= 0.6 is 15.9 Å². The SMILES string of the molecule is Cc1ccc(N=C(NN)Nc2ccccc2)c(Br)c1. The Morgan fingerprint density at radius 3 is 2.53 bits per heavy atom. The Hall–Kier alpha value is -1.85. The molecule has 0 radical (unpaired) electrons. The van der Waals surface area contributed by atoms with Gasteiger partial charge in [0.2, 0.25) is 5.96 Å². The van der Waals surface area contributed by atoms with Crippen molar-refractivity contribution in [1.82, 2.24) is 5.43 Å². The lowest BCUT2D eigenvalue weighted by molar-refractivity contribution is 1.02. The van der Waals surface area contributed by atoms with E-state index in [1.807, 2.05) is 55.5 Å². The zero-order chi connectivity index (χ0) is 13.7. The summed E-state index contributed by atoms with van der Waals surface area (Å²) < 4.78 is 0.926. The van der Waals surface area contributed by atoms with Gasteiger partial charge in [-0.15, -0.1) is 0 Å². The van der Waals surface area contributed by atoms with E-state index in [0.717, 1.165) is 15.8 Å². The number of nitrogens with zero attached hydrogens (tertiary/aromatic N) is 1. The van der Waals surface area contributed by atoms with Crippen LogP contribution in [0.3, 0.4) is 0 Å². The van der Waals surface area contributed by atoms with E-state index in [-0.39, 0.29) is 0 Å². The smallest absolute Gasteiger partial charge is 0.215 e. The highest BCUT2D eigenvalue weighted by Gasteiger charge is 2.02. The number of hydrogen-bond acceptors (Lipinski definition) is 2. The van der Waals surface area contributed by atoms with Crippen molar-refractivity contribution in [2.45, 2.75) is 6.92 Å². The molecule has 0 atom stereocenters. The summed E-state index contributed by atoms with van der Waals surface area (Å²) in [6.45, 7) is 2.03. The number of rotatable bonds is 2. The fourth-order valence-corrected chi connectivity index (χ4v) is 2.16. The minimum Gasteiger partial charge on any atom is -0.325 e. The highest BCUT2D eigenvalue weighted by atomic mass is 79.9. The summed E-state index contributed by atoms with van der Waals surface area (Å²) in [5.74, 6) is 5.97. The zero-order valence-corrected chi connectivity index (χ0v) is 12.1. The number of hydrazine groups is 1. The summed E-state index contributed by atoms with van der Waals surface area (Å²) >= 11 is 3.49. The molecule has 2 aromatic carbocycles. The summed E-state index contributed by atoms with van der Waals surface area (Å²) in [6.07, 6.45) is 0. The maximum absolute atomic E-state index is 5.49. The first-order valence-corrected chi connectivity index (χ1v) is 6.62. The number of hydrogen-bond donors (Lipinski definition) is 3. The lowest BCUT2D eigenvalue weighted by Gasteiger charge is -2.09. The third kappa shape index (κ3) is 3.81. The van der Waals surface area contributed by atoms with Gasteiger partial charge in [0.05, 0.1) is 5.69 Å². The second-order valence-corrected chi connectivity index (χ2v) is 4.90. The summed E-state index contributed by atoms with van der Waals surface area (Å²) in [4.78, 5) is 4.44. The van der Waals surface area contributed by atoms with Gasteiger partial charge in [-0.3, -0.25) is 5.43 Å². The topological polar surface area (TPSA) is 62.4 Å². The van der Waals surface area contributed by atoms with Crippen LogP contribution in [0.4, 0.5) is 11.4 Å². The van der Waals surface area contributed by atoms with Crippen molar-refractivity contribution < 1.29 is 0 Å². The van der Waals surface area contributed by atoms with Crippen molar-refractivity contribution in [3.05, 3.63) is 58.6 Å². The minimum atomic E-state index is 0.482. The van der Waals surface area contributed by atoms with E-state index in [4.69, 9.17) is 5.84 Å². The average molecular weight is 319 g/mol. The molecule has 98 valence electrons. The largest absolute Gasteiger partial charge is 0.325 e. The Bertz CT molecular complexity index is 581. The van der Waals surface area contributed by atoms with Gasteiger partial charge in [-0.2, -0.15) is 0 Å². The third-order valence-corrected chi connectivity index (χ3v) is 3.14. The van der Waals surface area contributed by atoms with E-state index >= 15 is 0 Å². The van der Waals surface area contributed by atoms with Crippen LogP contribution < -0.4 is 16.6 Å². The van der Waals surface area contributed by atoms with Crippen LogP contribution in [0.15, 0.2) is 58.0 Å². The number of anilines is 1. The molecule has 2 rings (SSSR count). The van der Waals surface area contributed by atoms with E-state index in [1.54, 1.807) is 0 Å². The molecule has 0 unspecified atom stereocenters. The maximum atomic E-state index is 5.49. The number of halogens is 1. The standard InChI is InChI=1S/C14H15BrN4/c1-10-7-8-13(12(15)9-10)18-14(19-16)17-11-5-3-2-4-6-11/h2-9H,16H2,1H3,(H2,17,18,19). The highest BCUT2D eigenvalue weighted by Crippen LogP contribution is 2.26. The van der Waals surface area contributed by atoms with E-state index < -0.39 is 0 Å². The number of guanidine groups is 1. The number of nitrogens with two attached hydrogens (primary N) is 1. The Labute approximate surface area is 120 Å². The van der Waals surface area contributed by atoms with E-state index in [1.165, 1.54) is 5.56 Å². The van der Waals surface area contributed by atoms with Crippen molar-refractivity contribution in [3.8, 4) is 0 Å². The van der Waals surface area contributed by atoms with Crippen LogP contribution in [0.1, 0.15) is 5.56 Å². The van der Waals surface area contributed by atoms with Crippen molar-refractivity contribution in [2.75, 3.05) is 5.32 Å². The third-order valence-electron chi connectivity index (χ3n) is 2.51. The van der Waals surface area contributed by atoms with Crippen molar-refractivity contribution in [1.29, 1.82) is 0 Å². The molecule has 4 nitrogen and oxygen atoms in total. The molecule has 0 fully saturated rings. The summed E-state index contributed by atoms with van der Waals surface area (Å²) in [7, 11) is 0. The Balaban J connectivity index is 2.23. The molecule has 0 aliphatic carbocycles. The normalized spacial score (nSPS) is 11.2. The van der Waals surface area contributed by atoms with Crippen LogP contribution in [-0.2, 0) is 0 Å². The molecule has 0 aliphatic rings. The van der Waals surface area contributed by atoms with Gasteiger partial charge < -0.3 is 5.32 Å². The first-order chi connectivity index (χ1) is 9.19. The Morgan fingerprint density at radius 1 is 1.16 bits per heavy atom. The molecule has 0 amide bonds. The maximum Gasteiger partial charge on any atom is 0.215 e. The van der Waals surface area contributed by atoms with Crippen LogP contribution in [0.2, 0.25) is 0 Å². The summed E-state index contributed by atoms with van der Waals surface area (Å²) in [6, 6.07) is 15.7. The van der Waals surface area contributed by atoms with Gasteiger partial charge in [0.25, 0.3) is 0 Å². The lowest BCUT2D eigenvalue weighted by Crippen LogP contribution is -2.35. The fraction of sp³-hybridized carbons (Fsp3) is 0.0714. The van der Waals surface area contributed by atoms with Gasteiger partial charge in [-0.05, 0) is 52.7 Å². The number of aryl methyl sites for hydroxylation is 1. The second kappa shape index (κ2) is 6.36. The monoisotopic (exact) mass is 318 g/mol. The average Bonchev–Trinajstić information content (AvgIpc) is 2.42. The highest BCUT2D eigenvalue weighted by molar-refractivity contribution is 9.10. The predicted molar refractivity (Wildman–Crippen MR) is 83.4 cm³/mol. The molecule has 0 spiro atoms. The van der Waals surface area contributed by atoms with Crippen molar-refractivity contribution in [2.24, 2.45) is 10.8 Å². The van der Waals surface area contributed by atoms with Crippen LogP contribution in [0.5, 0.6) is 0 Å². The number of aliphatic imine (C=N–C) groups is 1. The molecule has 0 aromatic heterocycles. The molecule has 0 heterocycles. The fourth-order valence-electron chi connectivity index (χ4n) is 1.58. The zero-order valence-electron chi connectivity index (χ0n) is 10.5. The second-order valence-electron chi connectivity index (χ2n) is 4.05. The first kappa shape index (κ1) is 13.6. The number of benzene rings is 2. The molecule has 0 aliphatic heterocycles. The van der Waals surface area contributed by atoms with Crippen molar-refractivity contribution >= 4 is 33.3 Å². The molecule has 2 aromatic rings. The van der Waals surface area contributed by atoms with E-state index in [9.17, 15) is 0 Å². The van der Waals surface area contributed by atoms with Gasteiger partial charge in [-0.25, -0.2) is 10.8 Å². The van der Waals surface area contributed by atoms with Crippen LogP contribution in [0.25, 0.3) is 0 Å². The predicted octanol–water partition coefficient (Wildman–Crippen LogP) is 3.32. The van der Waals surface area contributed by atoms with Crippen LogP contribution in [0, 0.1) is 6.92 Å². The Morgan fingerprint density at radius 2 is 1.89 bits per heavy atom. The summed E-state index contributed by atoms with van der Waals surface area (Å²) in [5.41, 5.74) is 5.46. The van der Waals surface area contributed by atoms with E-state index in [0.29, 0.717) is 5.96 Å². The first-order valence-electron chi connectivity index (χ1n) is 5.82. The molecule has 0 bridgehead atoms. The lowest BCUT2D eigenvalue weighted by atomic mass is 10.2. The molecule has 5 heteroatoms. The molecular formula is C14H15BrN4. The number of para-hydroxylation sites is 1. The quantitative estimate of drug-likeness (QED) is 0.344. The molecule has 19 heavy (non-hydrogen) atoms. The molecule has 4 N–H and O–H groups in total. The van der Waals surface area contributed by atoms with Crippen LogP contribution in [-0.4, -0.2) is 5.96 Å². The van der Waals surface area contributed by atoms with Gasteiger partial charge >= 0.3 is 0 Å². The van der Waals surface area contributed by atoms with Gasteiger partial charge in [0.1, 0.15) is 0 Å². The van der Waals surface area contributed by atoms with Gasteiger partial charge in [0, 0.05) is 10.2 Å². The van der Waals surface area contributed by atoms with Crippen molar-refractivity contribution in [3.63, 3.8) is 0 Å². The summed E-state index contributed by atoms with van der Waals surface area (Å²) in [5, 5.41) is 3.11. The number of nitrogens with one attached hydrogen (secondary N) is 2. The minimum absolute atomic E-state index is 0.482. The molecule has 0 saturated heterocycles. The molecular weight excluding hydrogens is 304 g/mol. The van der Waals surface area contributed by atoms with Gasteiger partial charge in [0.15, 0.2) is 0 Å².